The van der Waals surface area contributed by atoms with Crippen molar-refractivity contribution in [3.05, 3.63) is 95.6 Å². The first-order valence-electron chi connectivity index (χ1n) is 15.3. The molecule has 0 fully saturated rings. The molecule has 1 N–H and O–H groups in total. The number of unbranched alkanes of at least 4 members (excludes halogenated alkanes) is 1. The van der Waals surface area contributed by atoms with E-state index in [4.69, 9.17) is 19.0 Å². The van der Waals surface area contributed by atoms with Gasteiger partial charge in [-0.2, -0.15) is 5.06 Å². The van der Waals surface area contributed by atoms with Gasteiger partial charge in [-0.05, 0) is 42.7 Å². The van der Waals surface area contributed by atoms with E-state index < -0.39 is 41.7 Å². The highest BCUT2D eigenvalue weighted by Crippen LogP contribution is 2.31. The standard InChI is InChI=1S/C35H37N3O11/c1-24(39)47-29-18-12-17-28(32(29)48-25(2)40)33(43)36-21-11-10-19-31(42)38(35(45)46-23-26-13-6-4-7-14-26)22-20-30(41)37(3)49-34(44)27-15-8-5-9-16-27/h4-9,12-18H,10-11,19-23H2,1-3H3,(H,36,43). The Morgan fingerprint density at radius 1 is 0.714 bits per heavy atom. The van der Waals surface area contributed by atoms with E-state index in [1.807, 2.05) is 0 Å². The van der Waals surface area contributed by atoms with Gasteiger partial charge in [0, 0.05) is 46.8 Å². The topological polar surface area (TPSA) is 175 Å². The number of para-hydroxylation sites is 1. The van der Waals surface area contributed by atoms with Gasteiger partial charge in [0.2, 0.25) is 5.91 Å². The van der Waals surface area contributed by atoms with Gasteiger partial charge in [-0.3, -0.25) is 24.0 Å². The minimum absolute atomic E-state index is 0.0403. The molecule has 0 saturated heterocycles. The smallest absolute Gasteiger partial charge is 0.416 e. The number of amides is 4. The number of hydroxylamine groups is 2. The van der Waals surface area contributed by atoms with Crippen molar-refractivity contribution >= 4 is 41.7 Å². The molecule has 0 atom stereocenters. The number of imide groups is 1. The Hall–Kier alpha value is -6.05. The molecule has 0 unspecified atom stereocenters. The van der Waals surface area contributed by atoms with Crippen molar-refractivity contribution in [3.63, 3.8) is 0 Å². The number of esters is 2. The van der Waals surface area contributed by atoms with Crippen LogP contribution in [0.25, 0.3) is 0 Å². The van der Waals surface area contributed by atoms with Crippen LogP contribution in [0.2, 0.25) is 0 Å². The number of nitrogens with one attached hydrogen (secondary N) is 1. The Balaban J connectivity index is 1.57. The molecule has 0 bridgehead atoms. The van der Waals surface area contributed by atoms with Crippen LogP contribution in [0.15, 0.2) is 78.9 Å². The lowest BCUT2D eigenvalue weighted by atomic mass is 10.1. The minimum atomic E-state index is -0.954. The van der Waals surface area contributed by atoms with Crippen molar-refractivity contribution < 1.29 is 52.6 Å². The third-order valence-corrected chi connectivity index (χ3v) is 6.68. The van der Waals surface area contributed by atoms with E-state index in [9.17, 15) is 33.6 Å². The normalized spacial score (nSPS) is 10.3. The van der Waals surface area contributed by atoms with Gasteiger partial charge in [-0.25, -0.2) is 14.5 Å². The number of carbonyl (C=O) groups is 7. The Morgan fingerprint density at radius 2 is 1.37 bits per heavy atom. The first kappa shape index (κ1) is 37.4. The molecule has 0 saturated carbocycles. The van der Waals surface area contributed by atoms with E-state index >= 15 is 0 Å². The first-order chi connectivity index (χ1) is 23.5. The molecule has 14 heteroatoms. The fourth-order valence-corrected chi connectivity index (χ4v) is 4.29. The van der Waals surface area contributed by atoms with Crippen molar-refractivity contribution in [1.82, 2.24) is 15.3 Å². The molecule has 0 aliphatic carbocycles. The summed E-state index contributed by atoms with van der Waals surface area (Å²) in [6.45, 7) is 1.96. The summed E-state index contributed by atoms with van der Waals surface area (Å²) >= 11 is 0. The molecule has 3 aromatic rings. The fourth-order valence-electron chi connectivity index (χ4n) is 4.29. The van der Waals surface area contributed by atoms with E-state index in [0.29, 0.717) is 12.0 Å². The van der Waals surface area contributed by atoms with Gasteiger partial charge in [0.1, 0.15) is 6.61 Å². The van der Waals surface area contributed by atoms with Crippen molar-refractivity contribution in [2.45, 2.75) is 46.1 Å². The lowest BCUT2D eigenvalue weighted by molar-refractivity contribution is -0.161. The molecule has 0 aromatic heterocycles. The van der Waals surface area contributed by atoms with Crippen LogP contribution in [0.5, 0.6) is 11.5 Å². The number of rotatable bonds is 14. The highest BCUT2D eigenvalue weighted by Gasteiger charge is 2.26. The Bertz CT molecular complexity index is 1640. The van der Waals surface area contributed by atoms with E-state index in [-0.39, 0.29) is 61.6 Å². The maximum absolute atomic E-state index is 13.2. The third-order valence-electron chi connectivity index (χ3n) is 6.68. The van der Waals surface area contributed by atoms with Crippen LogP contribution in [-0.4, -0.2) is 71.8 Å². The van der Waals surface area contributed by atoms with E-state index in [2.05, 4.69) is 5.32 Å². The van der Waals surface area contributed by atoms with Gasteiger partial charge in [0.15, 0.2) is 11.5 Å². The quantitative estimate of drug-likeness (QED) is 0.112. The second-order valence-corrected chi connectivity index (χ2v) is 10.5. The van der Waals surface area contributed by atoms with Gasteiger partial charge in [0.25, 0.3) is 11.8 Å². The molecular weight excluding hydrogens is 638 g/mol. The van der Waals surface area contributed by atoms with Crippen LogP contribution in [0.3, 0.4) is 0 Å². The first-order valence-corrected chi connectivity index (χ1v) is 15.3. The largest absolute Gasteiger partial charge is 0.444 e. The van der Waals surface area contributed by atoms with Crippen LogP contribution in [0.4, 0.5) is 4.79 Å². The van der Waals surface area contributed by atoms with E-state index in [0.717, 1.165) is 23.8 Å². The number of hydrogen-bond acceptors (Lipinski definition) is 11. The second-order valence-electron chi connectivity index (χ2n) is 10.5. The number of carbonyl (C=O) groups excluding carboxylic acids is 7. The predicted molar refractivity (Wildman–Crippen MR) is 173 cm³/mol. The summed E-state index contributed by atoms with van der Waals surface area (Å²) < 4.78 is 15.5. The van der Waals surface area contributed by atoms with Crippen molar-refractivity contribution in [2.24, 2.45) is 0 Å². The molecule has 0 heterocycles. The lowest BCUT2D eigenvalue weighted by Gasteiger charge is -2.22. The molecule has 14 nitrogen and oxygen atoms in total. The van der Waals surface area contributed by atoms with Crippen LogP contribution in [-0.2, 0) is 35.4 Å². The molecule has 3 rings (SSSR count). The minimum Gasteiger partial charge on any atom is -0.444 e. The zero-order valence-corrected chi connectivity index (χ0v) is 27.3. The summed E-state index contributed by atoms with van der Waals surface area (Å²) in [5, 5.41) is 3.40. The monoisotopic (exact) mass is 675 g/mol. The van der Waals surface area contributed by atoms with Crippen molar-refractivity contribution in [2.75, 3.05) is 20.1 Å². The molecule has 49 heavy (non-hydrogen) atoms. The highest BCUT2D eigenvalue weighted by molar-refractivity contribution is 5.99. The summed E-state index contributed by atoms with van der Waals surface area (Å²) in [6, 6.07) is 21.1. The van der Waals surface area contributed by atoms with Crippen LogP contribution < -0.4 is 14.8 Å². The van der Waals surface area contributed by atoms with Gasteiger partial charge in [-0.15, -0.1) is 0 Å². The van der Waals surface area contributed by atoms with Crippen LogP contribution >= 0.6 is 0 Å². The SMILES string of the molecule is CC(=O)Oc1cccc(C(=O)NCCCCC(=O)N(CCC(=O)N(C)OC(=O)c2ccccc2)C(=O)OCc2ccccc2)c1OC(C)=O. The Kier molecular flexibility index (Phi) is 14.5. The third kappa shape index (κ3) is 12.2. The molecular formula is C35H37N3O11. The molecule has 3 aromatic carbocycles. The zero-order chi connectivity index (χ0) is 35.8. The summed E-state index contributed by atoms with van der Waals surface area (Å²) in [6.07, 6.45) is -0.867. The Morgan fingerprint density at radius 3 is 2.02 bits per heavy atom. The molecule has 0 radical (unpaired) electrons. The molecule has 4 amide bonds. The van der Waals surface area contributed by atoms with Gasteiger partial charge >= 0.3 is 24.0 Å². The molecule has 258 valence electrons. The van der Waals surface area contributed by atoms with Crippen molar-refractivity contribution in [3.8, 4) is 11.5 Å². The number of nitrogens with zero attached hydrogens (tertiary/aromatic N) is 2. The number of ether oxygens (including phenoxy) is 3. The maximum Gasteiger partial charge on any atom is 0.416 e. The second kappa shape index (κ2) is 18.9. The predicted octanol–water partition coefficient (Wildman–Crippen LogP) is 4.22. The average Bonchev–Trinajstić information content (AvgIpc) is 3.08. The van der Waals surface area contributed by atoms with Gasteiger partial charge < -0.3 is 24.4 Å². The van der Waals surface area contributed by atoms with Gasteiger partial charge in [-0.1, -0.05) is 54.6 Å². The molecule has 0 aliphatic heterocycles. The van der Waals surface area contributed by atoms with E-state index in [1.54, 1.807) is 48.5 Å². The lowest BCUT2D eigenvalue weighted by Crippen LogP contribution is -2.40. The number of benzene rings is 3. The Labute approximate surface area is 282 Å². The summed E-state index contributed by atoms with van der Waals surface area (Å²) in [5.41, 5.74) is 0.888. The van der Waals surface area contributed by atoms with Crippen LogP contribution in [0.1, 0.15) is 65.8 Å². The summed E-state index contributed by atoms with van der Waals surface area (Å²) in [5.74, 6) is -4.34. The van der Waals surface area contributed by atoms with Crippen LogP contribution in [0, 0.1) is 0 Å². The van der Waals surface area contributed by atoms with E-state index in [1.165, 1.54) is 37.4 Å². The van der Waals surface area contributed by atoms with Crippen molar-refractivity contribution in [1.29, 1.82) is 0 Å². The zero-order valence-electron chi connectivity index (χ0n) is 27.3. The fraction of sp³-hybridized carbons (Fsp3) is 0.286. The molecule has 0 aliphatic rings. The maximum atomic E-state index is 13.2. The average molecular weight is 676 g/mol. The molecule has 0 spiro atoms. The highest BCUT2D eigenvalue weighted by atomic mass is 16.7. The number of hydrogen-bond donors (Lipinski definition) is 1. The summed E-state index contributed by atoms with van der Waals surface area (Å²) in [7, 11) is 1.25. The summed E-state index contributed by atoms with van der Waals surface area (Å²) in [4.78, 5) is 93.1. The van der Waals surface area contributed by atoms with Gasteiger partial charge in [0.05, 0.1) is 11.1 Å².